The van der Waals surface area contributed by atoms with Gasteiger partial charge in [0.15, 0.2) is 0 Å². The molecule has 0 saturated carbocycles. The standard InChI is InChI=1S/C24H31FN2O5/c1-16-12-18(8-11-20(16)25)14-31-19-9-6-17(7-10-19)13-26-22(28)21(15-30-5)27-23(29)32-24(2,3)4/h6-12,21H,13-15H2,1-5H3,(H,26,28)(H,27,29). The summed E-state index contributed by atoms with van der Waals surface area (Å²) in [5, 5.41) is 5.29. The Morgan fingerprint density at radius 2 is 1.72 bits per heavy atom. The van der Waals surface area contributed by atoms with Crippen molar-refractivity contribution in [1.82, 2.24) is 10.6 Å². The lowest BCUT2D eigenvalue weighted by Gasteiger charge is -2.23. The Morgan fingerprint density at radius 1 is 1.06 bits per heavy atom. The molecule has 2 rings (SSSR count). The van der Waals surface area contributed by atoms with E-state index in [4.69, 9.17) is 14.2 Å². The summed E-state index contributed by atoms with van der Waals surface area (Å²) in [7, 11) is 1.45. The van der Waals surface area contributed by atoms with E-state index < -0.39 is 17.7 Å². The van der Waals surface area contributed by atoms with Gasteiger partial charge in [-0.2, -0.15) is 0 Å². The minimum absolute atomic E-state index is 0.0146. The maximum absolute atomic E-state index is 13.4. The van der Waals surface area contributed by atoms with Crippen molar-refractivity contribution < 1.29 is 28.2 Å². The molecule has 1 atom stereocenters. The Kier molecular flexibility index (Phi) is 9.02. The lowest BCUT2D eigenvalue weighted by molar-refractivity contribution is -0.124. The van der Waals surface area contributed by atoms with Gasteiger partial charge in [-0.1, -0.05) is 18.2 Å². The van der Waals surface area contributed by atoms with Crippen molar-refractivity contribution in [2.75, 3.05) is 13.7 Å². The fourth-order valence-corrected chi connectivity index (χ4v) is 2.78. The zero-order valence-corrected chi connectivity index (χ0v) is 19.2. The number of benzene rings is 2. The minimum atomic E-state index is -0.878. The van der Waals surface area contributed by atoms with Gasteiger partial charge in [0.2, 0.25) is 5.91 Å². The number of methoxy groups -OCH3 is 1. The van der Waals surface area contributed by atoms with Crippen LogP contribution in [0.3, 0.4) is 0 Å². The van der Waals surface area contributed by atoms with Gasteiger partial charge < -0.3 is 24.8 Å². The third-order valence-electron chi connectivity index (χ3n) is 4.36. The number of amides is 2. The van der Waals surface area contributed by atoms with Crippen LogP contribution in [0.5, 0.6) is 5.75 Å². The van der Waals surface area contributed by atoms with Crippen molar-refractivity contribution in [3.8, 4) is 5.75 Å². The summed E-state index contributed by atoms with van der Waals surface area (Å²) >= 11 is 0. The molecule has 0 spiro atoms. The van der Waals surface area contributed by atoms with E-state index in [2.05, 4.69) is 10.6 Å². The molecule has 2 N–H and O–H groups in total. The number of carbonyl (C=O) groups is 2. The summed E-state index contributed by atoms with van der Waals surface area (Å²) < 4.78 is 29.3. The van der Waals surface area contributed by atoms with E-state index in [1.807, 2.05) is 12.1 Å². The SMILES string of the molecule is COCC(NC(=O)OC(C)(C)C)C(=O)NCc1ccc(OCc2ccc(F)c(C)c2)cc1. The molecule has 0 aromatic heterocycles. The van der Waals surface area contributed by atoms with Crippen LogP contribution < -0.4 is 15.4 Å². The summed E-state index contributed by atoms with van der Waals surface area (Å²) in [6.45, 7) is 7.55. The highest BCUT2D eigenvalue weighted by Gasteiger charge is 2.24. The number of hydrogen-bond acceptors (Lipinski definition) is 5. The van der Waals surface area contributed by atoms with E-state index in [0.29, 0.717) is 17.9 Å². The van der Waals surface area contributed by atoms with Gasteiger partial charge in [-0.3, -0.25) is 4.79 Å². The van der Waals surface area contributed by atoms with E-state index in [1.54, 1.807) is 52.0 Å². The fraction of sp³-hybridized carbons (Fsp3) is 0.417. The van der Waals surface area contributed by atoms with Gasteiger partial charge in [0.25, 0.3) is 0 Å². The molecule has 2 aromatic carbocycles. The first kappa shape index (κ1) is 25.1. The van der Waals surface area contributed by atoms with Gasteiger partial charge in [0.05, 0.1) is 6.61 Å². The summed E-state index contributed by atoms with van der Waals surface area (Å²) in [5.74, 6) is 0.0322. The average molecular weight is 447 g/mol. The predicted molar refractivity (Wildman–Crippen MR) is 119 cm³/mol. The molecule has 1 unspecified atom stereocenters. The van der Waals surface area contributed by atoms with Crippen LogP contribution in [0.25, 0.3) is 0 Å². The first-order valence-electron chi connectivity index (χ1n) is 10.3. The van der Waals surface area contributed by atoms with E-state index in [0.717, 1.165) is 11.1 Å². The molecule has 8 heteroatoms. The van der Waals surface area contributed by atoms with Gasteiger partial charge in [-0.25, -0.2) is 9.18 Å². The molecule has 7 nitrogen and oxygen atoms in total. The Labute approximate surface area is 188 Å². The number of rotatable bonds is 9. The zero-order chi connectivity index (χ0) is 23.7. The average Bonchev–Trinajstić information content (AvgIpc) is 2.72. The fourth-order valence-electron chi connectivity index (χ4n) is 2.78. The van der Waals surface area contributed by atoms with Crippen molar-refractivity contribution in [2.24, 2.45) is 0 Å². The van der Waals surface area contributed by atoms with Crippen LogP contribution >= 0.6 is 0 Å². The van der Waals surface area contributed by atoms with Crippen LogP contribution in [-0.2, 0) is 27.4 Å². The van der Waals surface area contributed by atoms with Gasteiger partial charge in [0, 0.05) is 13.7 Å². The van der Waals surface area contributed by atoms with E-state index in [9.17, 15) is 14.0 Å². The summed E-state index contributed by atoms with van der Waals surface area (Å²) in [6, 6.07) is 11.2. The first-order chi connectivity index (χ1) is 15.1. The normalized spacial score (nSPS) is 12.1. The van der Waals surface area contributed by atoms with E-state index >= 15 is 0 Å². The second-order valence-corrected chi connectivity index (χ2v) is 8.39. The topological polar surface area (TPSA) is 85.9 Å². The Hall–Kier alpha value is -3.13. The molecule has 0 aliphatic rings. The largest absolute Gasteiger partial charge is 0.489 e. The summed E-state index contributed by atoms with van der Waals surface area (Å²) in [5.41, 5.74) is 1.64. The maximum atomic E-state index is 13.4. The highest BCUT2D eigenvalue weighted by molar-refractivity contribution is 5.85. The number of halogens is 1. The van der Waals surface area contributed by atoms with Gasteiger partial charge in [-0.05, 0) is 68.7 Å². The quantitative estimate of drug-likeness (QED) is 0.611. The molecule has 0 heterocycles. The van der Waals surface area contributed by atoms with Crippen molar-refractivity contribution in [3.63, 3.8) is 0 Å². The van der Waals surface area contributed by atoms with Crippen molar-refractivity contribution in [1.29, 1.82) is 0 Å². The lowest BCUT2D eigenvalue weighted by atomic mass is 10.1. The van der Waals surface area contributed by atoms with Crippen molar-refractivity contribution in [2.45, 2.75) is 52.5 Å². The molecule has 0 aliphatic heterocycles. The van der Waals surface area contributed by atoms with Crippen LogP contribution in [0.4, 0.5) is 9.18 Å². The van der Waals surface area contributed by atoms with E-state index in [-0.39, 0.29) is 24.9 Å². The second-order valence-electron chi connectivity index (χ2n) is 8.39. The van der Waals surface area contributed by atoms with Gasteiger partial charge >= 0.3 is 6.09 Å². The predicted octanol–water partition coefficient (Wildman–Crippen LogP) is 3.87. The molecule has 0 saturated heterocycles. The van der Waals surface area contributed by atoms with Crippen LogP contribution in [0.15, 0.2) is 42.5 Å². The second kappa shape index (κ2) is 11.5. The molecule has 0 aliphatic carbocycles. The smallest absolute Gasteiger partial charge is 0.408 e. The molecule has 0 fully saturated rings. The molecule has 0 bridgehead atoms. The maximum Gasteiger partial charge on any atom is 0.408 e. The lowest BCUT2D eigenvalue weighted by Crippen LogP contribution is -2.50. The third-order valence-corrected chi connectivity index (χ3v) is 4.36. The first-order valence-corrected chi connectivity index (χ1v) is 10.3. The van der Waals surface area contributed by atoms with Gasteiger partial charge in [-0.15, -0.1) is 0 Å². The highest BCUT2D eigenvalue weighted by Crippen LogP contribution is 2.16. The third kappa shape index (κ3) is 8.55. The van der Waals surface area contributed by atoms with E-state index in [1.165, 1.54) is 13.2 Å². The molecule has 32 heavy (non-hydrogen) atoms. The number of hydrogen-bond donors (Lipinski definition) is 2. The number of alkyl carbamates (subject to hydrolysis) is 1. The molecule has 174 valence electrons. The zero-order valence-electron chi connectivity index (χ0n) is 19.2. The number of carbonyl (C=O) groups excluding carboxylic acids is 2. The van der Waals surface area contributed by atoms with Crippen molar-refractivity contribution in [3.05, 3.63) is 65.0 Å². The number of ether oxygens (including phenoxy) is 3. The summed E-state index contributed by atoms with van der Waals surface area (Å²) in [4.78, 5) is 24.4. The minimum Gasteiger partial charge on any atom is -0.489 e. The Balaban J connectivity index is 1.85. The van der Waals surface area contributed by atoms with Gasteiger partial charge in [0.1, 0.15) is 29.8 Å². The number of aryl methyl sites for hydroxylation is 1. The van der Waals surface area contributed by atoms with Crippen LogP contribution in [0.1, 0.15) is 37.5 Å². The monoisotopic (exact) mass is 446 g/mol. The molecular weight excluding hydrogens is 415 g/mol. The molecule has 0 radical (unpaired) electrons. The highest BCUT2D eigenvalue weighted by atomic mass is 19.1. The summed E-state index contributed by atoms with van der Waals surface area (Å²) in [6.07, 6.45) is -0.687. The van der Waals surface area contributed by atoms with Crippen LogP contribution in [0, 0.1) is 12.7 Å². The van der Waals surface area contributed by atoms with Crippen molar-refractivity contribution >= 4 is 12.0 Å². The Bertz CT molecular complexity index is 910. The van der Waals surface area contributed by atoms with Crippen LogP contribution in [-0.4, -0.2) is 37.4 Å². The molecular formula is C24H31FN2O5. The molecule has 2 amide bonds. The Morgan fingerprint density at radius 3 is 2.31 bits per heavy atom. The molecule has 2 aromatic rings. The number of nitrogens with one attached hydrogen (secondary N) is 2. The van der Waals surface area contributed by atoms with Crippen LogP contribution in [0.2, 0.25) is 0 Å².